The second-order valence-electron chi connectivity index (χ2n) is 16.8. The summed E-state index contributed by atoms with van der Waals surface area (Å²) in [4.78, 5) is 2.40. The zero-order valence-corrected chi connectivity index (χ0v) is 35.4. The van der Waals surface area contributed by atoms with E-state index in [1.807, 2.05) is 0 Å². The van der Waals surface area contributed by atoms with Crippen molar-refractivity contribution in [2.24, 2.45) is 0 Å². The highest BCUT2D eigenvalue weighted by molar-refractivity contribution is 6.19. The largest absolute Gasteiger partial charge is 0.455 e. The fraction of sp³-hybridized carbons (Fsp3) is 0. The highest BCUT2D eigenvalue weighted by Crippen LogP contribution is 2.48. The number of hydrogen-bond donors (Lipinski definition) is 0. The summed E-state index contributed by atoms with van der Waals surface area (Å²) < 4.78 is 9.30. The summed E-state index contributed by atoms with van der Waals surface area (Å²) in [6.45, 7) is 0. The maximum Gasteiger partial charge on any atom is 0.145 e. The maximum atomic E-state index is 6.92. The average Bonchev–Trinajstić information content (AvgIpc) is 3.94. The second-order valence-corrected chi connectivity index (χ2v) is 16.8. The van der Waals surface area contributed by atoms with Crippen LogP contribution in [0.1, 0.15) is 0 Å². The molecule has 0 radical (unpaired) electrons. The van der Waals surface area contributed by atoms with Crippen LogP contribution >= 0.6 is 0 Å². The number of rotatable bonds is 7. The first-order valence-electron chi connectivity index (χ1n) is 22.2. The van der Waals surface area contributed by atoms with Crippen molar-refractivity contribution in [3.63, 3.8) is 0 Å². The number of nitrogens with zero attached hydrogens (tertiary/aromatic N) is 2. The number of fused-ring (bicyclic) bond motifs is 8. The van der Waals surface area contributed by atoms with Crippen LogP contribution in [0.3, 0.4) is 0 Å². The smallest absolute Gasteiger partial charge is 0.145 e. The second kappa shape index (κ2) is 15.0. The molecule has 13 aromatic rings. The van der Waals surface area contributed by atoms with Crippen molar-refractivity contribution in [1.82, 2.24) is 4.57 Å². The van der Waals surface area contributed by atoms with Gasteiger partial charge in [0.25, 0.3) is 0 Å². The van der Waals surface area contributed by atoms with Gasteiger partial charge in [-0.15, -0.1) is 0 Å². The number of benzene rings is 11. The molecule has 0 saturated carbocycles. The minimum Gasteiger partial charge on any atom is -0.455 e. The number of hydrogen-bond acceptors (Lipinski definition) is 2. The summed E-state index contributed by atoms with van der Waals surface area (Å²) in [6.07, 6.45) is 0. The van der Waals surface area contributed by atoms with E-state index in [9.17, 15) is 0 Å². The summed E-state index contributed by atoms with van der Waals surface area (Å²) in [7, 11) is 0. The van der Waals surface area contributed by atoms with E-state index >= 15 is 0 Å². The van der Waals surface area contributed by atoms with Gasteiger partial charge in [-0.1, -0.05) is 170 Å². The Balaban J connectivity index is 1.00. The molecule has 0 bridgehead atoms. The lowest BCUT2D eigenvalue weighted by atomic mass is 9.95. The van der Waals surface area contributed by atoms with Gasteiger partial charge in [-0.25, -0.2) is 0 Å². The van der Waals surface area contributed by atoms with Crippen LogP contribution in [0, 0.1) is 0 Å². The number of anilines is 3. The van der Waals surface area contributed by atoms with Gasteiger partial charge in [0.15, 0.2) is 0 Å². The fourth-order valence-electron chi connectivity index (χ4n) is 10.2. The molecule has 304 valence electrons. The van der Waals surface area contributed by atoms with Crippen LogP contribution in [0.25, 0.3) is 104 Å². The lowest BCUT2D eigenvalue weighted by Gasteiger charge is -2.27. The average molecular weight is 829 g/mol. The van der Waals surface area contributed by atoms with E-state index in [-0.39, 0.29) is 0 Å². The molecule has 0 aliphatic carbocycles. The first-order valence-corrected chi connectivity index (χ1v) is 22.2. The third-order valence-electron chi connectivity index (χ3n) is 13.2. The molecule has 0 atom stereocenters. The van der Waals surface area contributed by atoms with E-state index in [0.717, 1.165) is 61.4 Å². The van der Waals surface area contributed by atoms with Crippen LogP contribution in [0.2, 0.25) is 0 Å². The van der Waals surface area contributed by atoms with Gasteiger partial charge in [-0.05, 0) is 122 Å². The maximum absolute atomic E-state index is 6.92. The lowest BCUT2D eigenvalue weighted by molar-refractivity contribution is 0.670. The standard InChI is InChI=1S/C62H40N2O/c1-2-18-47(19-3-1)64-56-25-10-8-21-54(56)60-51(23-13-26-57(60)64)44-32-36-49(37-33-44)63(48-34-30-42(31-35-48)46-29-28-41-14-4-5-16-45(41)40-46)58-39-38-53(52-24-12-17-43-15-6-7-20-50(43)52)62-61(58)55-22-9-11-27-59(55)65-62/h1-40H. The molecule has 13 rings (SSSR count). The Morgan fingerprint density at radius 1 is 0.338 bits per heavy atom. The predicted octanol–water partition coefficient (Wildman–Crippen LogP) is 17.5. The highest BCUT2D eigenvalue weighted by Gasteiger charge is 2.24. The van der Waals surface area contributed by atoms with E-state index in [1.54, 1.807) is 0 Å². The molecule has 65 heavy (non-hydrogen) atoms. The van der Waals surface area contributed by atoms with Crippen molar-refractivity contribution in [2.75, 3.05) is 4.90 Å². The molecule has 3 nitrogen and oxygen atoms in total. The van der Waals surface area contributed by atoms with Crippen LogP contribution in [0.4, 0.5) is 17.1 Å². The third kappa shape index (κ3) is 6.05. The fourth-order valence-corrected chi connectivity index (χ4v) is 10.2. The summed E-state index contributed by atoms with van der Waals surface area (Å²) in [6, 6.07) is 87.6. The van der Waals surface area contributed by atoms with Gasteiger partial charge in [0.1, 0.15) is 11.2 Å². The Hall–Kier alpha value is -8.66. The zero-order valence-electron chi connectivity index (χ0n) is 35.4. The summed E-state index contributed by atoms with van der Waals surface area (Å²) in [5.74, 6) is 0. The van der Waals surface area contributed by atoms with E-state index in [2.05, 4.69) is 252 Å². The Morgan fingerprint density at radius 2 is 0.938 bits per heavy atom. The van der Waals surface area contributed by atoms with Crippen LogP contribution in [-0.2, 0) is 0 Å². The van der Waals surface area contributed by atoms with Crippen molar-refractivity contribution in [2.45, 2.75) is 0 Å². The van der Waals surface area contributed by atoms with Crippen LogP contribution < -0.4 is 4.90 Å². The molecular weight excluding hydrogens is 789 g/mol. The Kier molecular flexibility index (Phi) is 8.53. The normalized spacial score (nSPS) is 11.7. The zero-order chi connectivity index (χ0) is 42.8. The van der Waals surface area contributed by atoms with Crippen molar-refractivity contribution in [3.8, 4) is 39.1 Å². The summed E-state index contributed by atoms with van der Waals surface area (Å²) in [5, 5.41) is 9.51. The molecule has 0 N–H and O–H groups in total. The third-order valence-corrected chi connectivity index (χ3v) is 13.2. The van der Waals surface area contributed by atoms with Gasteiger partial charge in [0, 0.05) is 38.8 Å². The first kappa shape index (κ1) is 36.9. The molecule has 0 unspecified atom stereocenters. The molecular formula is C62H40N2O. The lowest BCUT2D eigenvalue weighted by Crippen LogP contribution is -2.10. The van der Waals surface area contributed by atoms with Gasteiger partial charge in [-0.3, -0.25) is 0 Å². The minimum absolute atomic E-state index is 0.862. The van der Waals surface area contributed by atoms with E-state index < -0.39 is 0 Å². The monoisotopic (exact) mass is 828 g/mol. The van der Waals surface area contributed by atoms with Gasteiger partial charge < -0.3 is 13.9 Å². The minimum atomic E-state index is 0.862. The Bertz CT molecular complexity index is 3930. The predicted molar refractivity (Wildman–Crippen MR) is 274 cm³/mol. The Morgan fingerprint density at radius 3 is 1.75 bits per heavy atom. The SMILES string of the molecule is c1ccc(-n2c3ccccc3c3c(-c4ccc(N(c5ccc(-c6ccc7ccccc7c6)cc5)c5ccc(-c6cccc7ccccc67)c6oc7ccccc7c56)cc4)cccc32)cc1. The summed E-state index contributed by atoms with van der Waals surface area (Å²) in [5.41, 5.74) is 15.4. The Labute approximate surface area is 376 Å². The first-order chi connectivity index (χ1) is 32.2. The quantitative estimate of drug-likeness (QED) is 0.160. The van der Waals surface area contributed by atoms with Crippen LogP contribution in [0.5, 0.6) is 0 Å². The van der Waals surface area contributed by atoms with Crippen LogP contribution in [0.15, 0.2) is 247 Å². The van der Waals surface area contributed by atoms with Gasteiger partial charge >= 0.3 is 0 Å². The molecule has 3 heteroatoms. The number of aromatic nitrogens is 1. The molecule has 0 fully saturated rings. The van der Waals surface area contributed by atoms with E-state index in [4.69, 9.17) is 4.42 Å². The molecule has 0 amide bonds. The van der Waals surface area contributed by atoms with E-state index in [0.29, 0.717) is 0 Å². The molecule has 2 aromatic heterocycles. The molecule has 0 saturated heterocycles. The van der Waals surface area contributed by atoms with Crippen molar-refractivity contribution < 1.29 is 4.42 Å². The van der Waals surface area contributed by atoms with Crippen molar-refractivity contribution in [1.29, 1.82) is 0 Å². The molecule has 11 aromatic carbocycles. The summed E-state index contributed by atoms with van der Waals surface area (Å²) >= 11 is 0. The van der Waals surface area contributed by atoms with Gasteiger partial charge in [-0.2, -0.15) is 0 Å². The highest BCUT2D eigenvalue weighted by atomic mass is 16.3. The molecule has 0 aliphatic heterocycles. The molecule has 0 aliphatic rings. The van der Waals surface area contributed by atoms with Gasteiger partial charge in [0.05, 0.1) is 22.1 Å². The molecule has 2 heterocycles. The van der Waals surface area contributed by atoms with Crippen LogP contribution in [-0.4, -0.2) is 4.57 Å². The van der Waals surface area contributed by atoms with Crippen molar-refractivity contribution >= 4 is 82.4 Å². The molecule has 0 spiro atoms. The number of para-hydroxylation sites is 3. The topological polar surface area (TPSA) is 21.3 Å². The number of furan rings is 1. The van der Waals surface area contributed by atoms with Crippen molar-refractivity contribution in [3.05, 3.63) is 243 Å². The van der Waals surface area contributed by atoms with E-state index in [1.165, 1.54) is 60.0 Å². The van der Waals surface area contributed by atoms with Gasteiger partial charge in [0.2, 0.25) is 0 Å².